The Hall–Kier alpha value is -6.87. The number of benzene rings is 4. The van der Waals surface area contributed by atoms with E-state index in [4.69, 9.17) is 40.6 Å². The summed E-state index contributed by atoms with van der Waals surface area (Å²) >= 11 is 5.90. The molecule has 0 radical (unpaired) electrons. The van der Waals surface area contributed by atoms with Crippen LogP contribution in [0, 0.1) is 0 Å². The SMILES string of the molecule is Clc1nc(NCc2ccco2)c2ccccc2n1.Nc1ccc(OCCN2CCCC2)cc1.c1coc(CNc2nc(Nc3ccc(OCCN4CCCC4)cc3)nc3ccccc23)c1. The van der Waals surface area contributed by atoms with Gasteiger partial charge >= 0.3 is 0 Å². The molecule has 336 valence electrons. The molecular weight excluding hydrogens is 840 g/mol. The van der Waals surface area contributed by atoms with Gasteiger partial charge in [-0.1, -0.05) is 24.3 Å². The average molecular weight is 896 g/mol. The van der Waals surface area contributed by atoms with Gasteiger partial charge in [0.25, 0.3) is 0 Å². The first kappa shape index (κ1) is 44.7. The van der Waals surface area contributed by atoms with Crippen molar-refractivity contribution < 1.29 is 18.3 Å². The number of furan rings is 2. The molecule has 2 aliphatic rings. The lowest BCUT2D eigenvalue weighted by atomic mass is 10.2. The summed E-state index contributed by atoms with van der Waals surface area (Å²) in [7, 11) is 0. The highest BCUT2D eigenvalue weighted by molar-refractivity contribution is 6.28. The molecule has 14 nitrogen and oxygen atoms in total. The molecule has 2 fully saturated rings. The highest BCUT2D eigenvalue weighted by atomic mass is 35.5. The second kappa shape index (κ2) is 23.2. The first-order valence-corrected chi connectivity index (χ1v) is 22.5. The van der Waals surface area contributed by atoms with Gasteiger partial charge in [-0.2, -0.15) is 4.98 Å². The molecule has 8 aromatic rings. The minimum absolute atomic E-state index is 0.232. The van der Waals surface area contributed by atoms with Gasteiger partial charge in [-0.05, 0) is 161 Å². The monoisotopic (exact) mass is 894 g/mol. The number of likely N-dealkylation sites (tertiary alicyclic amines) is 2. The lowest BCUT2D eigenvalue weighted by Gasteiger charge is -2.15. The van der Waals surface area contributed by atoms with Crippen molar-refractivity contribution in [3.8, 4) is 11.5 Å². The standard InChI is InChI=1S/C25H27N5O2.C13H10ClN3O.C12H18N2O/c1-2-8-23-22(7-1)24(26-18-21-6-5-16-31-21)29-25(28-23)27-19-9-11-20(12-10-19)32-17-15-30-13-3-4-14-30;14-13-16-11-6-2-1-5-10(11)12(17-13)15-8-9-4-3-7-18-9;13-11-3-5-12(6-4-11)15-10-9-14-7-1-2-8-14/h1-2,5-12,16H,3-4,13-15,17-18H2,(H2,26,27,28,29);1-7H,8H2,(H,15,16,17);3-6H,1-2,7-10,13H2. The van der Waals surface area contributed by atoms with E-state index in [1.165, 1.54) is 51.9 Å². The predicted molar refractivity (Wildman–Crippen MR) is 259 cm³/mol. The van der Waals surface area contributed by atoms with Crippen molar-refractivity contribution in [1.82, 2.24) is 29.7 Å². The van der Waals surface area contributed by atoms with E-state index < -0.39 is 0 Å². The Balaban J connectivity index is 0.000000147. The molecule has 0 amide bonds. The molecule has 0 bridgehead atoms. The smallest absolute Gasteiger partial charge is 0.229 e. The van der Waals surface area contributed by atoms with Crippen molar-refractivity contribution in [2.24, 2.45) is 0 Å². The van der Waals surface area contributed by atoms with Crippen LogP contribution < -0.4 is 31.2 Å². The number of rotatable bonds is 16. The average Bonchev–Trinajstić information content (AvgIpc) is 4.20. The molecule has 0 aliphatic carbocycles. The maximum atomic E-state index is 5.90. The number of aromatic nitrogens is 4. The fourth-order valence-corrected chi connectivity index (χ4v) is 7.72. The molecule has 4 aromatic carbocycles. The number of anilines is 5. The van der Waals surface area contributed by atoms with Gasteiger partial charge in [0.05, 0.1) is 36.6 Å². The van der Waals surface area contributed by atoms with Gasteiger partial charge in [0.1, 0.15) is 47.9 Å². The zero-order valence-electron chi connectivity index (χ0n) is 36.4. The van der Waals surface area contributed by atoms with Gasteiger partial charge in [0.15, 0.2) is 0 Å². The zero-order valence-corrected chi connectivity index (χ0v) is 37.1. The Morgan fingerprint density at radius 2 is 1.05 bits per heavy atom. The second-order valence-electron chi connectivity index (χ2n) is 15.7. The van der Waals surface area contributed by atoms with Crippen LogP contribution in [0.5, 0.6) is 11.5 Å². The number of nitrogens with zero attached hydrogens (tertiary/aromatic N) is 6. The Bertz CT molecular complexity index is 2640. The van der Waals surface area contributed by atoms with Crippen molar-refractivity contribution in [1.29, 1.82) is 0 Å². The molecule has 2 aliphatic heterocycles. The highest BCUT2D eigenvalue weighted by Crippen LogP contribution is 2.26. The lowest BCUT2D eigenvalue weighted by molar-refractivity contribution is 0.237. The summed E-state index contributed by atoms with van der Waals surface area (Å²) in [5, 5.41) is 12.0. The highest BCUT2D eigenvalue weighted by Gasteiger charge is 2.13. The van der Waals surface area contributed by atoms with Gasteiger partial charge < -0.3 is 40.0 Å². The molecule has 0 saturated carbocycles. The molecule has 0 atom stereocenters. The molecule has 5 N–H and O–H groups in total. The van der Waals surface area contributed by atoms with E-state index in [0.29, 0.717) is 31.5 Å². The summed E-state index contributed by atoms with van der Waals surface area (Å²) in [4.78, 5) is 22.6. The summed E-state index contributed by atoms with van der Waals surface area (Å²) in [6.07, 6.45) is 8.59. The summed E-state index contributed by atoms with van der Waals surface area (Å²) in [6, 6.07) is 38.7. The van der Waals surface area contributed by atoms with Crippen LogP contribution in [0.4, 0.5) is 29.0 Å². The third-order valence-corrected chi connectivity index (χ3v) is 11.1. The van der Waals surface area contributed by atoms with Gasteiger partial charge in [-0.25, -0.2) is 15.0 Å². The molecule has 10 rings (SSSR count). The minimum atomic E-state index is 0.232. The first-order valence-electron chi connectivity index (χ1n) is 22.2. The molecule has 15 heteroatoms. The Kier molecular flexibility index (Phi) is 15.9. The van der Waals surface area contributed by atoms with Crippen LogP contribution in [-0.4, -0.2) is 82.2 Å². The van der Waals surface area contributed by atoms with Crippen LogP contribution in [-0.2, 0) is 13.1 Å². The van der Waals surface area contributed by atoms with E-state index in [-0.39, 0.29) is 5.28 Å². The minimum Gasteiger partial charge on any atom is -0.492 e. The number of halogens is 1. The quantitative estimate of drug-likeness (QED) is 0.0535. The normalized spacial score (nSPS) is 13.7. The predicted octanol–water partition coefficient (Wildman–Crippen LogP) is 10.3. The molecule has 0 spiro atoms. The van der Waals surface area contributed by atoms with Crippen LogP contribution >= 0.6 is 11.6 Å². The fraction of sp³-hybridized carbons (Fsp3) is 0.280. The Morgan fingerprint density at radius 3 is 1.57 bits per heavy atom. The van der Waals surface area contributed by atoms with Gasteiger partial charge in [0, 0.05) is 35.2 Å². The van der Waals surface area contributed by atoms with E-state index in [2.05, 4.69) is 40.7 Å². The summed E-state index contributed by atoms with van der Waals surface area (Å²) in [6.45, 7) is 9.45. The number of ether oxygens (including phenoxy) is 2. The molecule has 4 aromatic heterocycles. The van der Waals surface area contributed by atoms with E-state index in [1.807, 2.05) is 121 Å². The number of fused-ring (bicyclic) bond motifs is 2. The van der Waals surface area contributed by atoms with Gasteiger partial charge in [-0.3, -0.25) is 9.80 Å². The largest absolute Gasteiger partial charge is 0.492 e. The van der Waals surface area contributed by atoms with Crippen LogP contribution in [0.15, 0.2) is 143 Å². The van der Waals surface area contributed by atoms with Crippen molar-refractivity contribution >= 4 is 62.4 Å². The number of nitrogens with one attached hydrogen (secondary N) is 3. The molecular formula is C50H55ClN10O4. The molecule has 65 heavy (non-hydrogen) atoms. The van der Waals surface area contributed by atoms with Crippen LogP contribution in [0.3, 0.4) is 0 Å². The fourth-order valence-electron chi connectivity index (χ4n) is 7.54. The lowest BCUT2D eigenvalue weighted by Crippen LogP contribution is -2.25. The van der Waals surface area contributed by atoms with Crippen molar-refractivity contribution in [2.75, 3.05) is 74.2 Å². The van der Waals surface area contributed by atoms with Crippen LogP contribution in [0.1, 0.15) is 37.2 Å². The summed E-state index contributed by atoms with van der Waals surface area (Å²) < 4.78 is 22.2. The maximum absolute atomic E-state index is 5.90. The van der Waals surface area contributed by atoms with Crippen molar-refractivity contribution in [3.05, 3.63) is 151 Å². The van der Waals surface area contributed by atoms with Crippen LogP contribution in [0.2, 0.25) is 5.28 Å². The van der Waals surface area contributed by atoms with Crippen molar-refractivity contribution in [2.45, 2.75) is 38.8 Å². The Labute approximate surface area is 384 Å². The van der Waals surface area contributed by atoms with E-state index in [9.17, 15) is 0 Å². The topological polar surface area (TPSA) is 165 Å². The third-order valence-electron chi connectivity index (χ3n) is 10.9. The van der Waals surface area contributed by atoms with Gasteiger partial charge in [-0.15, -0.1) is 0 Å². The number of para-hydroxylation sites is 2. The zero-order chi connectivity index (χ0) is 44.5. The molecule has 0 unspecified atom stereocenters. The molecule has 6 heterocycles. The Morgan fingerprint density at radius 1 is 0.554 bits per heavy atom. The van der Waals surface area contributed by atoms with E-state index in [1.54, 1.807) is 12.5 Å². The maximum Gasteiger partial charge on any atom is 0.229 e. The molecule has 2 saturated heterocycles. The third kappa shape index (κ3) is 13.6. The summed E-state index contributed by atoms with van der Waals surface area (Å²) in [5.41, 5.74) is 8.97. The second-order valence-corrected chi connectivity index (χ2v) is 16.0. The number of nitrogens with two attached hydrogens (primary N) is 1. The summed E-state index contributed by atoms with van der Waals surface area (Å²) in [5.74, 6) is 5.47. The number of hydrogen-bond donors (Lipinski definition) is 4. The number of hydrogen-bond acceptors (Lipinski definition) is 14. The number of nitrogen functional groups attached to an aromatic ring is 1. The first-order chi connectivity index (χ1) is 32.0. The van der Waals surface area contributed by atoms with Gasteiger partial charge in [0.2, 0.25) is 11.2 Å². The van der Waals surface area contributed by atoms with Crippen molar-refractivity contribution in [3.63, 3.8) is 0 Å². The van der Waals surface area contributed by atoms with E-state index >= 15 is 0 Å². The van der Waals surface area contributed by atoms with Crippen LogP contribution in [0.25, 0.3) is 21.8 Å². The van der Waals surface area contributed by atoms with E-state index in [0.717, 1.165) is 81.7 Å².